The molecule has 0 saturated carbocycles. The van der Waals surface area contributed by atoms with E-state index >= 15 is 0 Å². The minimum absolute atomic E-state index is 0.0205. The Morgan fingerprint density at radius 2 is 1.84 bits per heavy atom. The highest BCUT2D eigenvalue weighted by molar-refractivity contribution is 7.80. The number of aromatic nitrogens is 2. The molecule has 0 radical (unpaired) electrons. The molecule has 2 atom stereocenters. The fourth-order valence-corrected chi connectivity index (χ4v) is 5.42. The second-order valence-corrected chi connectivity index (χ2v) is 9.52. The van der Waals surface area contributed by atoms with Gasteiger partial charge in [0, 0.05) is 36.1 Å². The summed E-state index contributed by atoms with van der Waals surface area (Å²) in [5.41, 5.74) is 5.69. The number of nitrogens with one attached hydrogen (secondary N) is 2. The Labute approximate surface area is 226 Å². The zero-order valence-corrected chi connectivity index (χ0v) is 22.1. The Kier molecular flexibility index (Phi) is 7.22. The van der Waals surface area contributed by atoms with Gasteiger partial charge < -0.3 is 24.8 Å². The van der Waals surface area contributed by atoms with Crippen molar-refractivity contribution in [2.24, 2.45) is 0 Å². The van der Waals surface area contributed by atoms with Crippen LogP contribution in [0.5, 0.6) is 0 Å². The van der Waals surface area contributed by atoms with E-state index in [1.165, 1.54) is 13.2 Å². The van der Waals surface area contributed by atoms with E-state index in [1.54, 1.807) is 18.3 Å². The highest BCUT2D eigenvalue weighted by Crippen LogP contribution is 2.44. The molecular formula is C29H28FN5O2S. The second kappa shape index (κ2) is 10.7. The zero-order chi connectivity index (χ0) is 26.8. The maximum Gasteiger partial charge on any atom is 0.250 e. The van der Waals surface area contributed by atoms with Gasteiger partial charge in [-0.1, -0.05) is 18.2 Å². The summed E-state index contributed by atoms with van der Waals surface area (Å²) in [6.45, 7) is 3.95. The predicted octanol–water partition coefficient (Wildman–Crippen LogP) is 5.39. The molecule has 3 heterocycles. The third-order valence-electron chi connectivity index (χ3n) is 6.69. The molecule has 0 unspecified atom stereocenters. The van der Waals surface area contributed by atoms with Crippen molar-refractivity contribution < 1.29 is 13.9 Å². The lowest BCUT2D eigenvalue weighted by Gasteiger charge is -2.28. The van der Waals surface area contributed by atoms with Crippen molar-refractivity contribution in [1.29, 1.82) is 0 Å². The van der Waals surface area contributed by atoms with E-state index in [1.807, 2.05) is 66.9 Å². The van der Waals surface area contributed by atoms with Crippen LogP contribution in [-0.2, 0) is 9.53 Å². The number of carbonyl (C=O) groups is 1. The third kappa shape index (κ3) is 4.78. The lowest BCUT2D eigenvalue weighted by Crippen LogP contribution is -2.29. The van der Waals surface area contributed by atoms with E-state index in [2.05, 4.69) is 26.6 Å². The van der Waals surface area contributed by atoms with Crippen molar-refractivity contribution in [2.75, 3.05) is 23.9 Å². The first-order valence-corrected chi connectivity index (χ1v) is 12.6. The van der Waals surface area contributed by atoms with Gasteiger partial charge in [0.1, 0.15) is 12.4 Å². The van der Waals surface area contributed by atoms with Gasteiger partial charge in [0.15, 0.2) is 5.11 Å². The standard InChI is InChI=1S/C29H28FN5O2S/c1-18-16-22(19(2)34(18)25-10-5-4-8-23(25)30)28-27(24-9-6-7-15-31-24)33-29(38)35(28)21-13-11-20(12-14-21)32-26(36)17-37-3/h4-16,27-28H,17H2,1-3H3,(H,32,36)(H,33,38)/t27-,28-/m1/s1. The summed E-state index contributed by atoms with van der Waals surface area (Å²) in [5, 5.41) is 6.83. The predicted molar refractivity (Wildman–Crippen MR) is 150 cm³/mol. The van der Waals surface area contributed by atoms with Crippen LogP contribution < -0.4 is 15.5 Å². The molecule has 1 aliphatic heterocycles. The van der Waals surface area contributed by atoms with Crippen LogP contribution in [0.1, 0.15) is 34.7 Å². The van der Waals surface area contributed by atoms with Crippen molar-refractivity contribution in [3.05, 3.63) is 107 Å². The van der Waals surface area contributed by atoms with Crippen molar-refractivity contribution in [3.63, 3.8) is 0 Å². The van der Waals surface area contributed by atoms with E-state index in [9.17, 15) is 9.18 Å². The van der Waals surface area contributed by atoms with Crippen LogP contribution in [0.3, 0.4) is 0 Å². The number of halogens is 1. The lowest BCUT2D eigenvalue weighted by atomic mass is 9.96. The fraction of sp³-hybridized carbons (Fsp3) is 0.207. The second-order valence-electron chi connectivity index (χ2n) is 9.14. The maximum absolute atomic E-state index is 14.8. The van der Waals surface area contributed by atoms with Crippen LogP contribution in [0.25, 0.3) is 5.69 Å². The van der Waals surface area contributed by atoms with Crippen LogP contribution in [0, 0.1) is 19.7 Å². The average Bonchev–Trinajstić information content (AvgIpc) is 3.40. The minimum Gasteiger partial charge on any atom is -0.375 e. The number of para-hydroxylation sites is 1. The zero-order valence-electron chi connectivity index (χ0n) is 21.3. The molecule has 2 aromatic heterocycles. The molecule has 9 heteroatoms. The summed E-state index contributed by atoms with van der Waals surface area (Å²) in [5.74, 6) is -0.516. The number of hydrogen-bond acceptors (Lipinski definition) is 4. The number of carbonyl (C=O) groups excluding carboxylic acids is 1. The number of nitrogens with zero attached hydrogens (tertiary/aromatic N) is 3. The summed E-state index contributed by atoms with van der Waals surface area (Å²) in [7, 11) is 1.48. The van der Waals surface area contributed by atoms with Crippen molar-refractivity contribution in [1.82, 2.24) is 14.9 Å². The molecule has 5 rings (SSSR count). The number of pyridine rings is 1. The first-order valence-electron chi connectivity index (χ1n) is 12.2. The molecule has 1 amide bonds. The van der Waals surface area contributed by atoms with Gasteiger partial charge in [0.05, 0.1) is 23.5 Å². The normalized spacial score (nSPS) is 16.9. The molecule has 194 valence electrons. The largest absolute Gasteiger partial charge is 0.375 e. The maximum atomic E-state index is 14.8. The molecule has 2 aromatic carbocycles. The molecule has 38 heavy (non-hydrogen) atoms. The average molecular weight is 530 g/mol. The summed E-state index contributed by atoms with van der Waals surface area (Å²) < 4.78 is 21.7. The Morgan fingerprint density at radius 1 is 1.11 bits per heavy atom. The number of anilines is 2. The summed E-state index contributed by atoms with van der Waals surface area (Å²) >= 11 is 5.85. The first-order chi connectivity index (χ1) is 18.4. The summed E-state index contributed by atoms with van der Waals surface area (Å²) in [4.78, 5) is 18.6. The Morgan fingerprint density at radius 3 is 2.53 bits per heavy atom. The molecule has 4 aromatic rings. The number of hydrogen-bond donors (Lipinski definition) is 2. The number of methoxy groups -OCH3 is 1. The lowest BCUT2D eigenvalue weighted by molar-refractivity contribution is -0.119. The third-order valence-corrected chi connectivity index (χ3v) is 7.00. The Hall–Kier alpha value is -4.08. The van der Waals surface area contributed by atoms with E-state index in [-0.39, 0.29) is 30.4 Å². The number of ether oxygens (including phenoxy) is 1. The molecular weight excluding hydrogens is 501 g/mol. The SMILES string of the molecule is COCC(=O)Nc1ccc(N2C(=S)N[C@H](c3ccccn3)[C@H]2c2cc(C)n(-c3ccccc3F)c2C)cc1. The van der Waals surface area contributed by atoms with Gasteiger partial charge in [-0.3, -0.25) is 9.78 Å². The topological polar surface area (TPSA) is 71.4 Å². The van der Waals surface area contributed by atoms with Crippen LogP contribution in [0.4, 0.5) is 15.8 Å². The van der Waals surface area contributed by atoms with Gasteiger partial charge in [0.2, 0.25) is 5.91 Å². The number of rotatable bonds is 7. The molecule has 0 spiro atoms. The monoisotopic (exact) mass is 529 g/mol. The van der Waals surface area contributed by atoms with Gasteiger partial charge in [-0.05, 0) is 86.2 Å². The van der Waals surface area contributed by atoms with Gasteiger partial charge in [0.25, 0.3) is 0 Å². The fourth-order valence-electron chi connectivity index (χ4n) is 5.07. The van der Waals surface area contributed by atoms with Gasteiger partial charge in [-0.25, -0.2) is 4.39 Å². The number of amides is 1. The smallest absolute Gasteiger partial charge is 0.250 e. The molecule has 0 bridgehead atoms. The first kappa shape index (κ1) is 25.6. The number of benzene rings is 2. The van der Waals surface area contributed by atoms with E-state index in [0.29, 0.717) is 16.5 Å². The quantitative estimate of drug-likeness (QED) is 0.313. The number of aryl methyl sites for hydroxylation is 1. The van der Waals surface area contributed by atoms with Crippen molar-refractivity contribution >= 4 is 34.6 Å². The van der Waals surface area contributed by atoms with E-state index < -0.39 is 0 Å². The number of thiocarbonyl (C=S) groups is 1. The van der Waals surface area contributed by atoms with Crippen molar-refractivity contribution in [3.8, 4) is 5.69 Å². The molecule has 7 nitrogen and oxygen atoms in total. The van der Waals surface area contributed by atoms with Crippen LogP contribution >= 0.6 is 12.2 Å². The summed E-state index contributed by atoms with van der Waals surface area (Å²) in [6.07, 6.45) is 1.76. The molecule has 1 fully saturated rings. The Bertz CT molecular complexity index is 1470. The van der Waals surface area contributed by atoms with Gasteiger partial charge in [-0.2, -0.15) is 0 Å². The van der Waals surface area contributed by atoms with Gasteiger partial charge in [-0.15, -0.1) is 0 Å². The van der Waals surface area contributed by atoms with E-state index in [4.69, 9.17) is 17.0 Å². The highest BCUT2D eigenvalue weighted by atomic mass is 32.1. The highest BCUT2D eigenvalue weighted by Gasteiger charge is 2.42. The molecule has 0 aliphatic carbocycles. The van der Waals surface area contributed by atoms with Crippen LogP contribution in [0.2, 0.25) is 0 Å². The summed E-state index contributed by atoms with van der Waals surface area (Å²) in [6, 6.07) is 21.7. The van der Waals surface area contributed by atoms with Crippen LogP contribution in [-0.4, -0.2) is 34.3 Å². The van der Waals surface area contributed by atoms with Gasteiger partial charge >= 0.3 is 0 Å². The van der Waals surface area contributed by atoms with Crippen molar-refractivity contribution in [2.45, 2.75) is 25.9 Å². The van der Waals surface area contributed by atoms with E-state index in [0.717, 1.165) is 28.3 Å². The molecule has 1 saturated heterocycles. The molecule has 2 N–H and O–H groups in total. The Balaban J connectivity index is 1.59. The minimum atomic E-state index is -0.287. The molecule has 1 aliphatic rings. The van der Waals surface area contributed by atoms with Crippen LogP contribution in [0.15, 0.2) is 79.0 Å².